The van der Waals surface area contributed by atoms with Crippen LogP contribution < -0.4 is 19.5 Å². The number of nitrogens with one attached hydrogen (secondary N) is 1. The Bertz CT molecular complexity index is 1670. The molecule has 0 spiro atoms. The summed E-state index contributed by atoms with van der Waals surface area (Å²) < 4.78 is 17.2. The zero-order valence-electron chi connectivity index (χ0n) is 23.0. The number of hydrogen-bond donors (Lipinski definition) is 1. The Kier molecular flexibility index (Phi) is 7.84. The summed E-state index contributed by atoms with van der Waals surface area (Å²) in [6.07, 6.45) is 0. The molecule has 2 heterocycles. The topological polar surface area (TPSA) is 72.9 Å². The van der Waals surface area contributed by atoms with E-state index >= 15 is 0 Å². The fraction of sp³-hybridized carbons (Fsp3) is 0.212. The lowest BCUT2D eigenvalue weighted by atomic mass is 10.00. The van der Waals surface area contributed by atoms with E-state index in [1.165, 1.54) is 0 Å². The summed E-state index contributed by atoms with van der Waals surface area (Å²) in [5.41, 5.74) is 6.97. The second-order valence-corrected chi connectivity index (χ2v) is 10.9. The predicted octanol–water partition coefficient (Wildman–Crippen LogP) is 6.58. The van der Waals surface area contributed by atoms with E-state index in [2.05, 4.69) is 58.0 Å². The highest BCUT2D eigenvalue weighted by Crippen LogP contribution is 2.37. The molecular formula is C33H31N3O4S. The van der Waals surface area contributed by atoms with Crippen LogP contribution in [0.4, 0.5) is 0 Å². The minimum Gasteiger partial charge on any atom is -0.483 e. The third-order valence-corrected chi connectivity index (χ3v) is 7.78. The van der Waals surface area contributed by atoms with Crippen molar-refractivity contribution in [3.8, 4) is 28.4 Å². The minimum atomic E-state index is -0.174. The normalized spacial score (nSPS) is 13.0. The van der Waals surface area contributed by atoms with E-state index in [0.29, 0.717) is 18.8 Å². The van der Waals surface area contributed by atoms with Crippen molar-refractivity contribution in [3.63, 3.8) is 0 Å². The average Bonchev–Trinajstić information content (AvgIpc) is 3.68. The average molecular weight is 566 g/mol. The van der Waals surface area contributed by atoms with Crippen LogP contribution in [0.15, 0.2) is 89.8 Å². The third kappa shape index (κ3) is 6.19. The van der Waals surface area contributed by atoms with Crippen LogP contribution in [0.1, 0.15) is 29.8 Å². The second kappa shape index (κ2) is 12.0. The number of carbonyl (C=O) groups is 1. The van der Waals surface area contributed by atoms with Gasteiger partial charge in [0.25, 0.3) is 5.91 Å². The summed E-state index contributed by atoms with van der Waals surface area (Å²) in [6.45, 7) is 3.49. The maximum Gasteiger partial charge on any atom is 0.258 e. The van der Waals surface area contributed by atoms with Crippen LogP contribution in [0.5, 0.6) is 17.2 Å². The molecule has 1 amide bonds. The van der Waals surface area contributed by atoms with Crippen molar-refractivity contribution in [3.05, 3.63) is 107 Å². The highest BCUT2D eigenvalue weighted by molar-refractivity contribution is 7.07. The molecule has 4 aromatic carbocycles. The van der Waals surface area contributed by atoms with Gasteiger partial charge in [-0.3, -0.25) is 9.69 Å². The second-order valence-electron chi connectivity index (χ2n) is 10.2. The number of amides is 1. The Morgan fingerprint density at radius 1 is 1.00 bits per heavy atom. The van der Waals surface area contributed by atoms with Crippen LogP contribution in [0.3, 0.4) is 0 Å². The molecule has 1 aliphatic heterocycles. The van der Waals surface area contributed by atoms with E-state index in [-0.39, 0.29) is 25.3 Å². The number of thiazole rings is 1. The number of carbonyl (C=O) groups excluding carboxylic acids is 1. The first-order valence-corrected chi connectivity index (χ1v) is 14.5. The lowest BCUT2D eigenvalue weighted by Gasteiger charge is -2.20. The van der Waals surface area contributed by atoms with Crippen molar-refractivity contribution < 1.29 is 19.0 Å². The van der Waals surface area contributed by atoms with E-state index in [4.69, 9.17) is 14.2 Å². The van der Waals surface area contributed by atoms with Gasteiger partial charge in [0.05, 0.1) is 17.2 Å². The molecule has 0 unspecified atom stereocenters. The Hall–Kier alpha value is -4.40. The van der Waals surface area contributed by atoms with Crippen molar-refractivity contribution in [2.24, 2.45) is 0 Å². The standard InChI is InChI=1S/C33H31N3O4S/c1-22(28-9-5-7-23-6-3-4-8-29(23)28)35-33(37)18-38-30-12-10-24(25-11-13-31-32(15-25)40-21-39-31)14-26(30)16-36(2)17-27-19-41-20-34-27/h3-15,19-20,22H,16-18,21H2,1-2H3,(H,35,37)/t22-/m0/s1. The van der Waals surface area contributed by atoms with Gasteiger partial charge in [-0.25, -0.2) is 4.98 Å². The maximum absolute atomic E-state index is 13.0. The zero-order chi connectivity index (χ0) is 28.2. The van der Waals surface area contributed by atoms with Gasteiger partial charge in [0, 0.05) is 24.0 Å². The van der Waals surface area contributed by atoms with Gasteiger partial charge in [0.15, 0.2) is 18.1 Å². The minimum absolute atomic E-state index is 0.0821. The van der Waals surface area contributed by atoms with Crippen molar-refractivity contribution in [2.45, 2.75) is 26.1 Å². The fourth-order valence-corrected chi connectivity index (χ4v) is 5.72. The van der Waals surface area contributed by atoms with Gasteiger partial charge in [-0.2, -0.15) is 0 Å². The molecule has 41 heavy (non-hydrogen) atoms. The largest absolute Gasteiger partial charge is 0.483 e. The number of aromatic nitrogens is 1. The summed E-state index contributed by atoms with van der Waals surface area (Å²) in [7, 11) is 2.05. The van der Waals surface area contributed by atoms with Gasteiger partial charge in [0.1, 0.15) is 5.75 Å². The van der Waals surface area contributed by atoms with Crippen LogP contribution in [-0.2, 0) is 17.9 Å². The first kappa shape index (κ1) is 26.8. The van der Waals surface area contributed by atoms with Crippen LogP contribution in [0.25, 0.3) is 21.9 Å². The fourth-order valence-electron chi connectivity index (χ4n) is 5.17. The van der Waals surface area contributed by atoms with Gasteiger partial charge in [-0.1, -0.05) is 54.6 Å². The van der Waals surface area contributed by atoms with E-state index in [0.717, 1.165) is 50.2 Å². The van der Waals surface area contributed by atoms with Gasteiger partial charge in [-0.05, 0) is 65.7 Å². The number of nitrogens with zero attached hydrogens (tertiary/aromatic N) is 2. The molecule has 0 fully saturated rings. The molecule has 1 aromatic heterocycles. The van der Waals surface area contributed by atoms with Crippen LogP contribution in [0.2, 0.25) is 0 Å². The van der Waals surface area contributed by atoms with E-state index in [9.17, 15) is 4.79 Å². The smallest absolute Gasteiger partial charge is 0.258 e. The van der Waals surface area contributed by atoms with Gasteiger partial charge >= 0.3 is 0 Å². The summed E-state index contributed by atoms with van der Waals surface area (Å²) in [4.78, 5) is 19.6. The zero-order valence-corrected chi connectivity index (χ0v) is 23.8. The van der Waals surface area contributed by atoms with Gasteiger partial charge in [-0.15, -0.1) is 11.3 Å². The molecule has 6 rings (SSSR count). The van der Waals surface area contributed by atoms with Crippen LogP contribution in [-0.4, -0.2) is 36.2 Å². The lowest BCUT2D eigenvalue weighted by Crippen LogP contribution is -2.31. The predicted molar refractivity (Wildman–Crippen MR) is 161 cm³/mol. The molecule has 8 heteroatoms. The molecule has 0 aliphatic carbocycles. The van der Waals surface area contributed by atoms with Crippen molar-refractivity contribution in [2.75, 3.05) is 20.4 Å². The monoisotopic (exact) mass is 565 g/mol. The first-order valence-electron chi connectivity index (χ1n) is 13.5. The molecule has 1 N–H and O–H groups in total. The molecule has 0 saturated carbocycles. The summed E-state index contributed by atoms with van der Waals surface area (Å²) >= 11 is 1.59. The van der Waals surface area contributed by atoms with Crippen molar-refractivity contribution in [1.82, 2.24) is 15.2 Å². The molecule has 0 bridgehead atoms. The summed E-state index contributed by atoms with van der Waals surface area (Å²) in [6, 6.07) is 26.2. The quantitative estimate of drug-likeness (QED) is 0.206. The molecular weight excluding hydrogens is 534 g/mol. The molecule has 5 aromatic rings. The Morgan fingerprint density at radius 3 is 2.68 bits per heavy atom. The molecule has 0 saturated heterocycles. The molecule has 7 nitrogen and oxygen atoms in total. The first-order chi connectivity index (χ1) is 20.0. The Balaban J connectivity index is 1.19. The highest BCUT2D eigenvalue weighted by atomic mass is 32.1. The number of fused-ring (bicyclic) bond motifs is 2. The number of benzene rings is 4. The molecule has 208 valence electrons. The van der Waals surface area contributed by atoms with Crippen molar-refractivity contribution >= 4 is 28.0 Å². The lowest BCUT2D eigenvalue weighted by molar-refractivity contribution is -0.123. The van der Waals surface area contributed by atoms with Gasteiger partial charge < -0.3 is 19.5 Å². The van der Waals surface area contributed by atoms with E-state index < -0.39 is 0 Å². The molecule has 0 radical (unpaired) electrons. The van der Waals surface area contributed by atoms with Crippen molar-refractivity contribution in [1.29, 1.82) is 0 Å². The van der Waals surface area contributed by atoms with Crippen LogP contribution in [0, 0.1) is 0 Å². The Labute approximate surface area is 243 Å². The van der Waals surface area contributed by atoms with E-state index in [1.54, 1.807) is 11.3 Å². The molecule has 1 atom stereocenters. The highest BCUT2D eigenvalue weighted by Gasteiger charge is 2.17. The Morgan fingerprint density at radius 2 is 1.80 bits per heavy atom. The number of rotatable bonds is 10. The summed E-state index contributed by atoms with van der Waals surface area (Å²) in [5.74, 6) is 1.99. The van der Waals surface area contributed by atoms with Gasteiger partial charge in [0.2, 0.25) is 6.79 Å². The SMILES string of the molecule is C[C@H](NC(=O)COc1ccc(-c2ccc3c(c2)OCO3)cc1CN(C)Cc1cscn1)c1cccc2ccccc12. The van der Waals surface area contributed by atoms with Crippen LogP contribution >= 0.6 is 11.3 Å². The maximum atomic E-state index is 13.0. The number of hydrogen-bond acceptors (Lipinski definition) is 7. The summed E-state index contributed by atoms with van der Waals surface area (Å²) in [5, 5.41) is 7.44. The third-order valence-electron chi connectivity index (χ3n) is 7.15. The molecule has 1 aliphatic rings. The number of ether oxygens (including phenoxy) is 3. The van der Waals surface area contributed by atoms with E-state index in [1.807, 2.05) is 61.0 Å².